The third-order valence-electron chi connectivity index (χ3n) is 4.24. The van der Waals surface area contributed by atoms with Crippen LogP contribution in [0.3, 0.4) is 0 Å². The molecular formula is C18H20N4O2. The maximum atomic E-state index is 12.5. The van der Waals surface area contributed by atoms with Crippen molar-refractivity contribution in [1.82, 2.24) is 10.3 Å². The second kappa shape index (κ2) is 6.70. The fraction of sp³-hybridized carbons (Fsp3) is 0.278. The van der Waals surface area contributed by atoms with Crippen molar-refractivity contribution in [1.29, 1.82) is 0 Å². The van der Waals surface area contributed by atoms with Crippen LogP contribution in [0.15, 0.2) is 48.8 Å². The fourth-order valence-corrected chi connectivity index (χ4v) is 2.57. The van der Waals surface area contributed by atoms with Crippen LogP contribution in [0.1, 0.15) is 19.8 Å². The van der Waals surface area contributed by atoms with Crippen molar-refractivity contribution >= 4 is 28.9 Å². The Bertz CT molecular complexity index is 718. The minimum absolute atomic E-state index is 0.00631. The molecule has 1 saturated heterocycles. The molecule has 2 amide bonds. The Morgan fingerprint density at radius 2 is 1.71 bits per heavy atom. The summed E-state index contributed by atoms with van der Waals surface area (Å²) in [4.78, 5) is 27.7. The van der Waals surface area contributed by atoms with Gasteiger partial charge >= 0.3 is 0 Å². The van der Waals surface area contributed by atoms with Crippen LogP contribution in [0.25, 0.3) is 0 Å². The van der Waals surface area contributed by atoms with E-state index in [-0.39, 0.29) is 11.8 Å². The van der Waals surface area contributed by atoms with E-state index in [1.54, 1.807) is 12.4 Å². The van der Waals surface area contributed by atoms with Gasteiger partial charge in [0, 0.05) is 42.4 Å². The lowest BCUT2D eigenvalue weighted by Crippen LogP contribution is -2.48. The van der Waals surface area contributed by atoms with Crippen LogP contribution in [0.5, 0.6) is 0 Å². The molecule has 0 bridgehead atoms. The Balaban J connectivity index is 1.61. The zero-order valence-electron chi connectivity index (χ0n) is 13.5. The molecule has 1 aliphatic rings. The van der Waals surface area contributed by atoms with Crippen molar-refractivity contribution < 1.29 is 9.59 Å². The standard InChI is InChI=1S/C18H20N4O2/c1-18(9-6-16(23)20-12-18)17(24)22-14-4-2-13(3-5-14)21-15-7-10-19-11-8-15/h2-5,7-8,10-11H,6,9,12H2,1H3,(H,19,21)(H,20,23)(H,22,24). The average molecular weight is 324 g/mol. The number of benzene rings is 1. The second-order valence-corrected chi connectivity index (χ2v) is 6.23. The number of anilines is 3. The van der Waals surface area contributed by atoms with Gasteiger partial charge < -0.3 is 16.0 Å². The quantitative estimate of drug-likeness (QED) is 0.807. The van der Waals surface area contributed by atoms with Crippen molar-refractivity contribution in [3.05, 3.63) is 48.8 Å². The molecule has 1 fully saturated rings. The number of hydrogen-bond acceptors (Lipinski definition) is 4. The molecule has 6 heteroatoms. The SMILES string of the molecule is CC1(C(=O)Nc2ccc(Nc3ccncc3)cc2)CCC(=O)NC1. The molecule has 0 spiro atoms. The summed E-state index contributed by atoms with van der Waals surface area (Å²) in [5, 5.41) is 8.95. The van der Waals surface area contributed by atoms with Gasteiger partial charge in [0.15, 0.2) is 0 Å². The second-order valence-electron chi connectivity index (χ2n) is 6.23. The Hall–Kier alpha value is -2.89. The number of piperidine rings is 1. The third kappa shape index (κ3) is 3.71. The predicted molar refractivity (Wildman–Crippen MR) is 92.9 cm³/mol. The van der Waals surface area contributed by atoms with Crippen LogP contribution < -0.4 is 16.0 Å². The van der Waals surface area contributed by atoms with E-state index in [1.165, 1.54) is 0 Å². The zero-order chi connectivity index (χ0) is 17.0. The van der Waals surface area contributed by atoms with Crippen LogP contribution >= 0.6 is 0 Å². The van der Waals surface area contributed by atoms with Crippen molar-refractivity contribution in [2.75, 3.05) is 17.2 Å². The van der Waals surface area contributed by atoms with Crippen molar-refractivity contribution in [2.24, 2.45) is 5.41 Å². The molecule has 0 radical (unpaired) electrons. The fourth-order valence-electron chi connectivity index (χ4n) is 2.57. The van der Waals surface area contributed by atoms with E-state index in [0.717, 1.165) is 17.1 Å². The number of rotatable bonds is 4. The van der Waals surface area contributed by atoms with E-state index < -0.39 is 5.41 Å². The van der Waals surface area contributed by atoms with Gasteiger partial charge in [0.1, 0.15) is 0 Å². The number of amides is 2. The van der Waals surface area contributed by atoms with Gasteiger partial charge in [-0.05, 0) is 49.7 Å². The van der Waals surface area contributed by atoms with Crippen LogP contribution in [0, 0.1) is 5.41 Å². The van der Waals surface area contributed by atoms with Gasteiger partial charge in [-0.25, -0.2) is 0 Å². The molecule has 2 aromatic rings. The molecule has 0 saturated carbocycles. The molecule has 1 atom stereocenters. The van der Waals surface area contributed by atoms with Gasteiger partial charge in [0.25, 0.3) is 0 Å². The molecule has 1 aliphatic heterocycles. The first-order chi connectivity index (χ1) is 11.5. The van der Waals surface area contributed by atoms with Gasteiger partial charge in [0.05, 0.1) is 5.41 Å². The molecular weight excluding hydrogens is 304 g/mol. The molecule has 1 aromatic heterocycles. The lowest BCUT2D eigenvalue weighted by molar-refractivity contribution is -0.130. The summed E-state index contributed by atoms with van der Waals surface area (Å²) in [6.45, 7) is 2.25. The van der Waals surface area contributed by atoms with E-state index in [0.29, 0.717) is 19.4 Å². The number of hydrogen-bond donors (Lipinski definition) is 3. The van der Waals surface area contributed by atoms with E-state index >= 15 is 0 Å². The van der Waals surface area contributed by atoms with Crippen LogP contribution in [-0.4, -0.2) is 23.3 Å². The first-order valence-corrected chi connectivity index (χ1v) is 7.90. The molecule has 3 N–H and O–H groups in total. The normalized spacial score (nSPS) is 20.1. The van der Waals surface area contributed by atoms with Gasteiger partial charge in [-0.3, -0.25) is 14.6 Å². The van der Waals surface area contributed by atoms with Gasteiger partial charge in [-0.1, -0.05) is 0 Å². The molecule has 6 nitrogen and oxygen atoms in total. The molecule has 1 aromatic carbocycles. The third-order valence-corrected chi connectivity index (χ3v) is 4.24. The Morgan fingerprint density at radius 1 is 1.08 bits per heavy atom. The molecule has 2 heterocycles. The maximum absolute atomic E-state index is 12.5. The monoisotopic (exact) mass is 324 g/mol. The molecule has 24 heavy (non-hydrogen) atoms. The largest absolute Gasteiger partial charge is 0.355 e. The van der Waals surface area contributed by atoms with Crippen molar-refractivity contribution in [3.8, 4) is 0 Å². The number of aromatic nitrogens is 1. The van der Waals surface area contributed by atoms with Crippen molar-refractivity contribution in [3.63, 3.8) is 0 Å². The summed E-state index contributed by atoms with van der Waals surface area (Å²) < 4.78 is 0. The van der Waals surface area contributed by atoms with E-state index in [4.69, 9.17) is 0 Å². The molecule has 1 unspecified atom stereocenters. The lowest BCUT2D eigenvalue weighted by Gasteiger charge is -2.32. The summed E-state index contributed by atoms with van der Waals surface area (Å²) >= 11 is 0. The highest BCUT2D eigenvalue weighted by molar-refractivity contribution is 5.96. The minimum Gasteiger partial charge on any atom is -0.355 e. The maximum Gasteiger partial charge on any atom is 0.232 e. The van der Waals surface area contributed by atoms with Gasteiger partial charge in [-0.2, -0.15) is 0 Å². The summed E-state index contributed by atoms with van der Waals surface area (Å²) in [6.07, 6.45) is 4.40. The smallest absolute Gasteiger partial charge is 0.232 e. The lowest BCUT2D eigenvalue weighted by atomic mass is 9.81. The molecule has 0 aliphatic carbocycles. The Kier molecular flexibility index (Phi) is 4.46. The summed E-state index contributed by atoms with van der Waals surface area (Å²) in [7, 11) is 0. The summed E-state index contributed by atoms with van der Waals surface area (Å²) in [5.41, 5.74) is 2.04. The highest BCUT2D eigenvalue weighted by atomic mass is 16.2. The zero-order valence-corrected chi connectivity index (χ0v) is 13.5. The summed E-state index contributed by atoms with van der Waals surface area (Å²) in [6, 6.07) is 11.3. The van der Waals surface area contributed by atoms with E-state index in [1.807, 2.05) is 43.3 Å². The molecule has 3 rings (SSSR count). The highest BCUT2D eigenvalue weighted by Gasteiger charge is 2.37. The van der Waals surface area contributed by atoms with Crippen LogP contribution in [0.4, 0.5) is 17.1 Å². The Morgan fingerprint density at radius 3 is 2.33 bits per heavy atom. The van der Waals surface area contributed by atoms with Gasteiger partial charge in [0.2, 0.25) is 11.8 Å². The topological polar surface area (TPSA) is 83.1 Å². The van der Waals surface area contributed by atoms with Crippen LogP contribution in [0.2, 0.25) is 0 Å². The van der Waals surface area contributed by atoms with Crippen LogP contribution in [-0.2, 0) is 9.59 Å². The minimum atomic E-state index is -0.568. The van der Waals surface area contributed by atoms with E-state index in [9.17, 15) is 9.59 Å². The highest BCUT2D eigenvalue weighted by Crippen LogP contribution is 2.28. The summed E-state index contributed by atoms with van der Waals surface area (Å²) in [5.74, 6) is -0.0656. The van der Waals surface area contributed by atoms with Gasteiger partial charge in [-0.15, -0.1) is 0 Å². The first-order valence-electron chi connectivity index (χ1n) is 7.90. The van der Waals surface area contributed by atoms with Crippen molar-refractivity contribution in [2.45, 2.75) is 19.8 Å². The number of carbonyl (C=O) groups is 2. The predicted octanol–water partition coefficient (Wildman–Crippen LogP) is 2.68. The molecule has 124 valence electrons. The number of carbonyl (C=O) groups excluding carboxylic acids is 2. The first kappa shape index (κ1) is 16.0. The number of nitrogens with one attached hydrogen (secondary N) is 3. The number of pyridine rings is 1. The Labute approximate surface area is 140 Å². The number of nitrogens with zero attached hydrogens (tertiary/aromatic N) is 1. The van der Waals surface area contributed by atoms with E-state index in [2.05, 4.69) is 20.9 Å². The average Bonchev–Trinajstić information content (AvgIpc) is 2.60.